The van der Waals surface area contributed by atoms with Gasteiger partial charge in [-0.15, -0.1) is 12.4 Å². The summed E-state index contributed by atoms with van der Waals surface area (Å²) in [6, 6.07) is 9.44. The maximum absolute atomic E-state index is 12.4. The van der Waals surface area contributed by atoms with Gasteiger partial charge in [0.25, 0.3) is 0 Å². The molecule has 2 unspecified atom stereocenters. The highest BCUT2D eigenvalue weighted by molar-refractivity contribution is 7.88. The second-order valence-electron chi connectivity index (χ2n) is 5.57. The van der Waals surface area contributed by atoms with Gasteiger partial charge in [0.2, 0.25) is 10.0 Å². The Hall–Kier alpha value is -0.620. The standard InChI is InChI=1S/C14H20N2O2S.ClH/c17-19(18,11-12-4-2-1-3-5-12)16-7-6-13-8-15-9-14(13)10-16;/h1-5,13-15H,6-11H2;1H. The Morgan fingerprint density at radius 2 is 1.85 bits per heavy atom. The lowest BCUT2D eigenvalue weighted by Gasteiger charge is -2.33. The van der Waals surface area contributed by atoms with Crippen molar-refractivity contribution in [3.63, 3.8) is 0 Å². The molecule has 2 atom stereocenters. The third kappa shape index (κ3) is 3.34. The van der Waals surface area contributed by atoms with Crippen molar-refractivity contribution in [3.8, 4) is 0 Å². The van der Waals surface area contributed by atoms with Gasteiger partial charge in [-0.2, -0.15) is 0 Å². The largest absolute Gasteiger partial charge is 0.316 e. The van der Waals surface area contributed by atoms with Crippen LogP contribution in [-0.4, -0.2) is 38.9 Å². The van der Waals surface area contributed by atoms with E-state index >= 15 is 0 Å². The second-order valence-corrected chi connectivity index (χ2v) is 7.54. The van der Waals surface area contributed by atoms with Crippen molar-refractivity contribution in [1.82, 2.24) is 9.62 Å². The predicted molar refractivity (Wildman–Crippen MR) is 82.4 cm³/mol. The summed E-state index contributed by atoms with van der Waals surface area (Å²) in [4.78, 5) is 0. The first-order valence-electron chi connectivity index (χ1n) is 6.87. The van der Waals surface area contributed by atoms with E-state index in [0.29, 0.717) is 24.9 Å². The summed E-state index contributed by atoms with van der Waals surface area (Å²) < 4.78 is 26.6. The van der Waals surface area contributed by atoms with Crippen molar-refractivity contribution in [3.05, 3.63) is 35.9 Å². The van der Waals surface area contributed by atoms with E-state index in [-0.39, 0.29) is 18.2 Å². The average Bonchev–Trinajstić information content (AvgIpc) is 2.86. The van der Waals surface area contributed by atoms with Crippen LogP contribution < -0.4 is 5.32 Å². The van der Waals surface area contributed by atoms with Crippen molar-refractivity contribution in [2.24, 2.45) is 11.8 Å². The van der Waals surface area contributed by atoms with Crippen LogP contribution in [0.15, 0.2) is 30.3 Å². The molecule has 0 bridgehead atoms. The maximum Gasteiger partial charge on any atom is 0.218 e. The summed E-state index contributed by atoms with van der Waals surface area (Å²) in [6.45, 7) is 3.38. The molecule has 2 aliphatic rings. The maximum atomic E-state index is 12.4. The number of piperidine rings is 1. The summed E-state index contributed by atoms with van der Waals surface area (Å²) in [7, 11) is -3.17. The first-order chi connectivity index (χ1) is 9.15. The first-order valence-corrected chi connectivity index (χ1v) is 8.48. The molecule has 2 heterocycles. The van der Waals surface area contributed by atoms with Crippen LogP contribution in [0.1, 0.15) is 12.0 Å². The Balaban J connectivity index is 0.00000147. The molecule has 0 amide bonds. The third-order valence-corrected chi connectivity index (χ3v) is 6.07. The fraction of sp³-hybridized carbons (Fsp3) is 0.571. The number of hydrogen-bond donors (Lipinski definition) is 1. The van der Waals surface area contributed by atoms with Crippen LogP contribution in [0.4, 0.5) is 0 Å². The van der Waals surface area contributed by atoms with Crippen LogP contribution in [0.2, 0.25) is 0 Å². The van der Waals surface area contributed by atoms with Crippen LogP contribution in [0.25, 0.3) is 0 Å². The molecule has 0 aliphatic carbocycles. The van der Waals surface area contributed by atoms with Gasteiger partial charge in [0.05, 0.1) is 5.75 Å². The highest BCUT2D eigenvalue weighted by Crippen LogP contribution is 2.28. The number of benzene rings is 1. The monoisotopic (exact) mass is 316 g/mol. The van der Waals surface area contributed by atoms with Crippen molar-refractivity contribution >= 4 is 22.4 Å². The van der Waals surface area contributed by atoms with E-state index in [9.17, 15) is 8.42 Å². The highest BCUT2D eigenvalue weighted by atomic mass is 35.5. The molecule has 0 radical (unpaired) electrons. The molecular formula is C14H21ClN2O2S. The minimum atomic E-state index is -3.17. The molecule has 4 nitrogen and oxygen atoms in total. The summed E-state index contributed by atoms with van der Waals surface area (Å²) in [5.74, 6) is 1.29. The number of nitrogens with zero attached hydrogens (tertiary/aromatic N) is 1. The van der Waals surface area contributed by atoms with E-state index in [1.54, 1.807) is 4.31 Å². The van der Waals surface area contributed by atoms with Gasteiger partial charge in [0, 0.05) is 13.1 Å². The molecule has 6 heteroatoms. The van der Waals surface area contributed by atoms with Crippen molar-refractivity contribution in [2.75, 3.05) is 26.2 Å². The Kier molecular flexibility index (Phi) is 5.07. The Morgan fingerprint density at radius 1 is 1.15 bits per heavy atom. The van der Waals surface area contributed by atoms with Gasteiger partial charge in [-0.1, -0.05) is 30.3 Å². The number of hydrogen-bond acceptors (Lipinski definition) is 3. The Bertz CT molecular complexity index is 535. The molecule has 1 aromatic rings. The summed E-state index contributed by atoms with van der Waals surface area (Å²) in [5.41, 5.74) is 0.870. The normalized spacial score (nSPS) is 26.8. The number of rotatable bonds is 3. The van der Waals surface area contributed by atoms with Crippen molar-refractivity contribution < 1.29 is 8.42 Å². The van der Waals surface area contributed by atoms with Crippen LogP contribution >= 0.6 is 12.4 Å². The van der Waals surface area contributed by atoms with E-state index in [4.69, 9.17) is 0 Å². The fourth-order valence-electron chi connectivity index (χ4n) is 3.13. The molecule has 2 fully saturated rings. The van der Waals surface area contributed by atoms with Crippen LogP contribution in [-0.2, 0) is 15.8 Å². The molecule has 1 aromatic carbocycles. The molecule has 20 heavy (non-hydrogen) atoms. The molecule has 0 saturated carbocycles. The third-order valence-electron chi connectivity index (χ3n) is 4.25. The molecule has 0 spiro atoms. The minimum absolute atomic E-state index is 0. The van der Waals surface area contributed by atoms with Crippen molar-refractivity contribution in [2.45, 2.75) is 12.2 Å². The zero-order valence-electron chi connectivity index (χ0n) is 11.4. The topological polar surface area (TPSA) is 49.4 Å². The van der Waals surface area contributed by atoms with Gasteiger partial charge in [0.1, 0.15) is 0 Å². The van der Waals surface area contributed by atoms with Gasteiger partial charge < -0.3 is 5.32 Å². The smallest absolute Gasteiger partial charge is 0.218 e. The Labute approximate surface area is 127 Å². The van der Waals surface area contributed by atoms with Crippen LogP contribution in [0.3, 0.4) is 0 Å². The summed E-state index contributed by atoms with van der Waals surface area (Å²) in [6.07, 6.45) is 0.992. The summed E-state index contributed by atoms with van der Waals surface area (Å²) >= 11 is 0. The predicted octanol–water partition coefficient (Wildman–Crippen LogP) is 1.48. The van der Waals surface area contributed by atoms with Crippen LogP contribution in [0.5, 0.6) is 0 Å². The number of nitrogens with one attached hydrogen (secondary N) is 1. The van der Waals surface area contributed by atoms with E-state index in [1.807, 2.05) is 30.3 Å². The molecule has 112 valence electrons. The van der Waals surface area contributed by atoms with Gasteiger partial charge in [-0.25, -0.2) is 12.7 Å². The van der Waals surface area contributed by atoms with Crippen LogP contribution in [0, 0.1) is 11.8 Å². The van der Waals surface area contributed by atoms with E-state index < -0.39 is 10.0 Å². The molecule has 3 rings (SSSR count). The lowest BCUT2D eigenvalue weighted by Crippen LogP contribution is -2.43. The van der Waals surface area contributed by atoms with Gasteiger partial charge in [-0.3, -0.25) is 0 Å². The molecular weight excluding hydrogens is 296 g/mol. The first kappa shape index (κ1) is 15.8. The lowest BCUT2D eigenvalue weighted by molar-refractivity contribution is 0.227. The quantitative estimate of drug-likeness (QED) is 0.919. The minimum Gasteiger partial charge on any atom is -0.316 e. The number of sulfonamides is 1. The number of halogens is 1. The van der Waals surface area contributed by atoms with Crippen molar-refractivity contribution in [1.29, 1.82) is 0 Å². The SMILES string of the molecule is Cl.O=S(=O)(Cc1ccccc1)N1CCC2CNCC2C1. The molecule has 2 aliphatic heterocycles. The van der Waals surface area contributed by atoms with E-state index in [1.165, 1.54) is 0 Å². The van der Waals surface area contributed by atoms with Gasteiger partial charge in [-0.05, 0) is 36.9 Å². The second kappa shape index (κ2) is 6.43. The molecule has 0 aromatic heterocycles. The molecule has 2 saturated heterocycles. The van der Waals surface area contributed by atoms with Gasteiger partial charge >= 0.3 is 0 Å². The number of fused-ring (bicyclic) bond motifs is 1. The fourth-order valence-corrected chi connectivity index (χ4v) is 4.73. The Morgan fingerprint density at radius 3 is 2.60 bits per heavy atom. The average molecular weight is 317 g/mol. The lowest BCUT2D eigenvalue weighted by atomic mass is 9.90. The highest BCUT2D eigenvalue weighted by Gasteiger charge is 2.36. The van der Waals surface area contributed by atoms with E-state index in [2.05, 4.69) is 5.32 Å². The molecule has 1 N–H and O–H groups in total. The van der Waals surface area contributed by atoms with Gasteiger partial charge in [0.15, 0.2) is 0 Å². The zero-order chi connectivity index (χ0) is 13.3. The zero-order valence-corrected chi connectivity index (χ0v) is 13.0. The van der Waals surface area contributed by atoms with E-state index in [0.717, 1.165) is 25.1 Å². The summed E-state index contributed by atoms with van der Waals surface area (Å²) in [5, 5.41) is 3.36.